The summed E-state index contributed by atoms with van der Waals surface area (Å²) in [6.07, 6.45) is 3.01. The van der Waals surface area contributed by atoms with Crippen LogP contribution in [-0.2, 0) is 4.79 Å². The molecule has 1 aromatic rings. The van der Waals surface area contributed by atoms with Gasteiger partial charge in [0.15, 0.2) is 0 Å². The second kappa shape index (κ2) is 11.6. The smallest absolute Gasteiger partial charge is 0.269 e. The first-order valence-electron chi connectivity index (χ1n) is 10.3. The zero-order valence-corrected chi connectivity index (χ0v) is 20.1. The predicted octanol–water partition coefficient (Wildman–Crippen LogP) is 2.60. The number of benzene rings is 1. The van der Waals surface area contributed by atoms with Crippen LogP contribution in [-0.4, -0.2) is 83.6 Å². The van der Waals surface area contributed by atoms with Crippen molar-refractivity contribution in [3.63, 3.8) is 0 Å². The number of thioether (sulfide) groups is 1. The molecule has 11 heteroatoms. The number of halogens is 2. The maximum absolute atomic E-state index is 12.6. The van der Waals surface area contributed by atoms with E-state index in [0.717, 1.165) is 62.8 Å². The summed E-state index contributed by atoms with van der Waals surface area (Å²) in [5.74, 6) is 2.15. The molecule has 2 atom stereocenters. The van der Waals surface area contributed by atoms with E-state index in [1.807, 2.05) is 28.8 Å². The number of non-ortho nitro benzene ring substituents is 1. The number of hydrogen-bond donors (Lipinski definition) is 1. The zero-order valence-electron chi connectivity index (χ0n) is 17.6. The van der Waals surface area contributed by atoms with Crippen molar-refractivity contribution < 1.29 is 9.72 Å². The summed E-state index contributed by atoms with van der Waals surface area (Å²) in [7, 11) is 2.19. The summed E-state index contributed by atoms with van der Waals surface area (Å²) >= 11 is 1.83. The number of nitrogens with zero attached hydrogens (tertiary/aromatic N) is 4. The molecule has 1 N–H and O–H groups in total. The lowest BCUT2D eigenvalue weighted by atomic mass is 10.00. The minimum atomic E-state index is -0.360. The minimum absolute atomic E-state index is 0. The molecule has 0 spiro atoms. The van der Waals surface area contributed by atoms with Crippen molar-refractivity contribution in [2.24, 2.45) is 0 Å². The van der Waals surface area contributed by atoms with Crippen LogP contribution < -0.4 is 10.2 Å². The van der Waals surface area contributed by atoms with Crippen molar-refractivity contribution in [1.29, 1.82) is 0 Å². The normalized spacial score (nSPS) is 24.1. The second-order valence-electron chi connectivity index (χ2n) is 8.15. The van der Waals surface area contributed by atoms with Crippen molar-refractivity contribution in [3.8, 4) is 0 Å². The highest BCUT2D eigenvalue weighted by molar-refractivity contribution is 7.99. The summed E-state index contributed by atoms with van der Waals surface area (Å²) < 4.78 is 0. The number of rotatable bonds is 5. The SMILES string of the molecule is CN(C1CCN(c2ccc([N+](=O)[O-])cc2)CC1)[C@@H]1CN[C@H](C(=O)N2CCSC2)C1.Cl.Cl. The van der Waals surface area contributed by atoms with Gasteiger partial charge in [0.05, 0.1) is 16.8 Å². The van der Waals surface area contributed by atoms with E-state index in [1.165, 1.54) is 0 Å². The van der Waals surface area contributed by atoms with Crippen LogP contribution in [0.15, 0.2) is 24.3 Å². The molecule has 4 rings (SSSR count). The fourth-order valence-electron chi connectivity index (χ4n) is 4.64. The van der Waals surface area contributed by atoms with Crippen LogP contribution in [0.2, 0.25) is 0 Å². The Morgan fingerprint density at radius 3 is 2.42 bits per heavy atom. The number of piperidine rings is 1. The molecule has 3 fully saturated rings. The molecule has 8 nitrogen and oxygen atoms in total. The van der Waals surface area contributed by atoms with Gasteiger partial charge in [0, 0.05) is 61.8 Å². The lowest BCUT2D eigenvalue weighted by Gasteiger charge is -2.40. The second-order valence-corrected chi connectivity index (χ2v) is 9.22. The lowest BCUT2D eigenvalue weighted by Crippen LogP contribution is -2.48. The van der Waals surface area contributed by atoms with E-state index in [2.05, 4.69) is 22.2 Å². The van der Waals surface area contributed by atoms with Crippen LogP contribution in [0.5, 0.6) is 0 Å². The third-order valence-corrected chi connectivity index (χ3v) is 7.48. The minimum Gasteiger partial charge on any atom is -0.371 e. The molecule has 0 aromatic heterocycles. The topological polar surface area (TPSA) is 82.0 Å². The van der Waals surface area contributed by atoms with Crippen LogP contribution in [0.1, 0.15) is 19.3 Å². The zero-order chi connectivity index (χ0) is 20.4. The molecule has 1 aromatic carbocycles. The Morgan fingerprint density at radius 1 is 1.16 bits per heavy atom. The number of carbonyl (C=O) groups excluding carboxylic acids is 1. The first kappa shape index (κ1) is 26.0. The number of amides is 1. The molecular weight excluding hydrogens is 461 g/mol. The summed E-state index contributed by atoms with van der Waals surface area (Å²) in [5, 5.41) is 14.3. The van der Waals surface area contributed by atoms with Gasteiger partial charge < -0.3 is 15.1 Å². The molecule has 3 saturated heterocycles. The number of nitro groups is 1. The third-order valence-electron chi connectivity index (χ3n) is 6.51. The monoisotopic (exact) mass is 491 g/mol. The van der Waals surface area contributed by atoms with E-state index < -0.39 is 0 Å². The Morgan fingerprint density at radius 2 is 1.84 bits per heavy atom. The van der Waals surface area contributed by atoms with Gasteiger partial charge in [-0.05, 0) is 38.4 Å². The Labute approximate surface area is 200 Å². The van der Waals surface area contributed by atoms with Gasteiger partial charge in [0.25, 0.3) is 5.69 Å². The van der Waals surface area contributed by atoms with Crippen LogP contribution in [0.4, 0.5) is 11.4 Å². The Bertz CT molecular complexity index is 743. The summed E-state index contributed by atoms with van der Waals surface area (Å²) in [6, 6.07) is 7.71. The fourth-order valence-corrected chi connectivity index (χ4v) is 5.59. The van der Waals surface area contributed by atoms with Crippen LogP contribution >= 0.6 is 36.6 Å². The molecule has 0 aliphatic carbocycles. The van der Waals surface area contributed by atoms with Gasteiger partial charge in [-0.15, -0.1) is 36.6 Å². The van der Waals surface area contributed by atoms with Gasteiger partial charge >= 0.3 is 0 Å². The van der Waals surface area contributed by atoms with Crippen molar-refractivity contribution in [2.75, 3.05) is 49.8 Å². The summed E-state index contributed by atoms with van der Waals surface area (Å²) in [5.41, 5.74) is 1.18. The highest BCUT2D eigenvalue weighted by Gasteiger charge is 2.37. The number of likely N-dealkylation sites (N-methyl/N-ethyl adjacent to an activating group) is 1. The highest BCUT2D eigenvalue weighted by Crippen LogP contribution is 2.27. The average molecular weight is 492 g/mol. The number of carbonyl (C=O) groups is 1. The lowest BCUT2D eigenvalue weighted by molar-refractivity contribution is -0.384. The van der Waals surface area contributed by atoms with Crippen molar-refractivity contribution in [2.45, 2.75) is 37.4 Å². The number of nitrogens with one attached hydrogen (secondary N) is 1. The standard InChI is InChI=1S/C20H29N5O3S.2ClH/c1-22(18-12-19(21-13-18)20(26)24-10-11-29-14-24)15-6-8-23(9-7-15)16-2-4-17(5-3-16)25(27)28;;/h2-5,15,18-19,21H,6-14H2,1H3;2*1H/t18-,19-;;/m0../s1. The van der Waals surface area contributed by atoms with Crippen LogP contribution in [0.3, 0.4) is 0 Å². The van der Waals surface area contributed by atoms with Crippen LogP contribution in [0.25, 0.3) is 0 Å². The van der Waals surface area contributed by atoms with E-state index >= 15 is 0 Å². The number of nitro benzene ring substituents is 1. The molecule has 3 aliphatic heterocycles. The Hall–Kier alpha value is -1.26. The molecule has 174 valence electrons. The molecule has 1 amide bonds. The van der Waals surface area contributed by atoms with Gasteiger partial charge in [0.2, 0.25) is 5.91 Å². The maximum Gasteiger partial charge on any atom is 0.269 e. The maximum atomic E-state index is 12.6. The van der Waals surface area contributed by atoms with Gasteiger partial charge in [-0.25, -0.2) is 0 Å². The van der Waals surface area contributed by atoms with Gasteiger partial charge in [-0.1, -0.05) is 0 Å². The van der Waals surface area contributed by atoms with Crippen molar-refractivity contribution >= 4 is 53.9 Å². The molecule has 0 radical (unpaired) electrons. The predicted molar refractivity (Wildman–Crippen MR) is 130 cm³/mol. The number of hydrogen-bond acceptors (Lipinski definition) is 7. The third kappa shape index (κ3) is 5.96. The van der Waals surface area contributed by atoms with Crippen molar-refractivity contribution in [1.82, 2.24) is 15.1 Å². The average Bonchev–Trinajstić information content (AvgIpc) is 3.45. The van der Waals surface area contributed by atoms with Crippen molar-refractivity contribution in [3.05, 3.63) is 34.4 Å². The Balaban J connectivity index is 0.00000171. The molecular formula is C20H31Cl2N5O3S. The van der Waals surface area contributed by atoms with Gasteiger partial charge in [0.1, 0.15) is 0 Å². The van der Waals surface area contributed by atoms with Gasteiger partial charge in [-0.3, -0.25) is 19.8 Å². The molecule has 0 bridgehead atoms. The van der Waals surface area contributed by atoms with E-state index in [-0.39, 0.29) is 47.4 Å². The fraction of sp³-hybridized carbons (Fsp3) is 0.650. The number of anilines is 1. The molecule has 3 heterocycles. The van der Waals surface area contributed by atoms with E-state index in [9.17, 15) is 14.9 Å². The molecule has 31 heavy (non-hydrogen) atoms. The van der Waals surface area contributed by atoms with E-state index in [4.69, 9.17) is 0 Å². The van der Waals surface area contributed by atoms with Gasteiger partial charge in [-0.2, -0.15) is 0 Å². The summed E-state index contributed by atoms with van der Waals surface area (Å²) in [4.78, 5) is 29.9. The first-order chi connectivity index (χ1) is 14.0. The summed E-state index contributed by atoms with van der Waals surface area (Å²) in [6.45, 7) is 3.64. The Kier molecular flexibility index (Phi) is 9.69. The first-order valence-corrected chi connectivity index (χ1v) is 11.5. The van der Waals surface area contributed by atoms with E-state index in [1.54, 1.807) is 12.1 Å². The van der Waals surface area contributed by atoms with Crippen LogP contribution in [0, 0.1) is 10.1 Å². The molecule has 0 unspecified atom stereocenters. The molecule has 0 saturated carbocycles. The highest BCUT2D eigenvalue weighted by atomic mass is 35.5. The largest absolute Gasteiger partial charge is 0.371 e. The molecule has 3 aliphatic rings. The van der Waals surface area contributed by atoms with E-state index in [0.29, 0.717) is 12.1 Å². The quantitative estimate of drug-likeness (QED) is 0.500.